The molecule has 2 aromatic rings. The molecular weight excluding hydrogens is 333 g/mol. The summed E-state index contributed by atoms with van der Waals surface area (Å²) >= 11 is 0. The van der Waals surface area contributed by atoms with Crippen LogP contribution in [0.15, 0.2) is 36.7 Å². The Hall–Kier alpha value is -2.45. The van der Waals surface area contributed by atoms with Crippen LogP contribution < -0.4 is 0 Å². The summed E-state index contributed by atoms with van der Waals surface area (Å²) in [5.74, 6) is -0.396. The molecule has 2 rings (SSSR count). The van der Waals surface area contributed by atoms with Crippen LogP contribution in [0.2, 0.25) is 0 Å². The van der Waals surface area contributed by atoms with Gasteiger partial charge in [0.1, 0.15) is 5.82 Å². The van der Waals surface area contributed by atoms with E-state index in [1.54, 1.807) is 0 Å². The number of likely N-dealkylation sites (N-methyl/N-ethyl adjacent to an activating group) is 1. The van der Waals surface area contributed by atoms with Crippen molar-refractivity contribution in [3.05, 3.63) is 53.6 Å². The number of rotatable bonds is 5. The molecule has 0 unspecified atom stereocenters. The van der Waals surface area contributed by atoms with Crippen molar-refractivity contribution in [3.63, 3.8) is 0 Å². The van der Waals surface area contributed by atoms with Gasteiger partial charge in [0.15, 0.2) is 0 Å². The number of nitrogens with zero attached hydrogens (tertiary/aromatic N) is 3. The second-order valence-electron chi connectivity index (χ2n) is 5.15. The summed E-state index contributed by atoms with van der Waals surface area (Å²) in [5, 5.41) is 0. The van der Waals surface area contributed by atoms with Gasteiger partial charge < -0.3 is 4.90 Å². The molecule has 0 spiro atoms. The zero-order chi connectivity index (χ0) is 17.9. The molecule has 4 nitrogen and oxygen atoms in total. The summed E-state index contributed by atoms with van der Waals surface area (Å²) in [7, 11) is 1.41. The van der Waals surface area contributed by atoms with Gasteiger partial charge in [-0.25, -0.2) is 4.98 Å². The van der Waals surface area contributed by atoms with Crippen LogP contribution in [0.25, 0.3) is 0 Å². The van der Waals surface area contributed by atoms with Gasteiger partial charge in [-0.05, 0) is 17.7 Å². The maximum absolute atomic E-state index is 12.7. The lowest BCUT2D eigenvalue weighted by atomic mass is 10.1. The Kier molecular flexibility index (Phi) is 5.20. The fourth-order valence-corrected chi connectivity index (χ4v) is 2.07. The van der Waals surface area contributed by atoms with Gasteiger partial charge in [0.25, 0.3) is 0 Å². The highest BCUT2D eigenvalue weighted by Gasteiger charge is 2.30. The predicted molar refractivity (Wildman–Crippen MR) is 75.1 cm³/mol. The van der Waals surface area contributed by atoms with Crippen molar-refractivity contribution >= 4 is 5.91 Å². The van der Waals surface area contributed by atoms with E-state index in [4.69, 9.17) is 0 Å². The van der Waals surface area contributed by atoms with E-state index in [1.807, 2.05) is 0 Å². The maximum Gasteiger partial charge on any atom is 0.416 e. The number of hydrogen-bond acceptors (Lipinski definition) is 2. The summed E-state index contributed by atoms with van der Waals surface area (Å²) < 4.78 is 63.5. The van der Waals surface area contributed by atoms with Crippen molar-refractivity contribution in [2.24, 2.45) is 0 Å². The quantitative estimate of drug-likeness (QED) is 0.777. The van der Waals surface area contributed by atoms with Crippen LogP contribution in [0.1, 0.15) is 23.5 Å². The zero-order valence-corrected chi connectivity index (χ0v) is 12.6. The van der Waals surface area contributed by atoms with Gasteiger partial charge in [0.05, 0.1) is 18.5 Å². The SMILES string of the molecule is CN(Cc1nccn1C(F)F)C(=O)Cc1ccc(C(F)(F)F)cc1. The molecule has 0 radical (unpaired) electrons. The molecule has 0 saturated heterocycles. The van der Waals surface area contributed by atoms with Crippen LogP contribution in [0.3, 0.4) is 0 Å². The van der Waals surface area contributed by atoms with Crippen molar-refractivity contribution in [1.29, 1.82) is 0 Å². The van der Waals surface area contributed by atoms with Crippen LogP contribution in [-0.2, 0) is 23.9 Å². The van der Waals surface area contributed by atoms with E-state index in [-0.39, 0.29) is 18.8 Å². The van der Waals surface area contributed by atoms with Gasteiger partial charge in [0.2, 0.25) is 5.91 Å². The highest BCUT2D eigenvalue weighted by atomic mass is 19.4. The number of benzene rings is 1. The Balaban J connectivity index is 2.00. The molecule has 0 bridgehead atoms. The summed E-state index contributed by atoms with van der Waals surface area (Å²) in [4.78, 5) is 17.0. The number of carbonyl (C=O) groups excluding carboxylic acids is 1. The molecule has 0 aliphatic rings. The van der Waals surface area contributed by atoms with Crippen LogP contribution in [0.4, 0.5) is 22.0 Å². The first kappa shape index (κ1) is 17.9. The third kappa shape index (κ3) is 4.30. The molecular formula is C15H14F5N3O. The Morgan fingerprint density at radius 1 is 1.25 bits per heavy atom. The zero-order valence-electron chi connectivity index (χ0n) is 12.6. The molecule has 1 amide bonds. The van der Waals surface area contributed by atoms with Crippen molar-refractivity contribution in [3.8, 4) is 0 Å². The summed E-state index contributed by atoms with van der Waals surface area (Å²) in [6.45, 7) is -2.89. The number of alkyl halides is 5. The average Bonchev–Trinajstić information content (AvgIpc) is 2.95. The standard InChI is InChI=1S/C15H14F5N3O/c1-22(9-12-21-6-7-23(12)14(16)17)13(24)8-10-2-4-11(5-3-10)15(18,19)20/h2-7,14H,8-9H2,1H3. The molecule has 0 aliphatic carbocycles. The fourth-order valence-electron chi connectivity index (χ4n) is 2.07. The number of amides is 1. The molecule has 0 fully saturated rings. The van der Waals surface area contributed by atoms with Crippen molar-refractivity contribution in [1.82, 2.24) is 14.5 Å². The monoisotopic (exact) mass is 347 g/mol. The smallest absolute Gasteiger partial charge is 0.338 e. The minimum absolute atomic E-state index is 0.0215. The third-order valence-electron chi connectivity index (χ3n) is 3.40. The Morgan fingerprint density at radius 3 is 2.42 bits per heavy atom. The molecule has 130 valence electrons. The number of imidazole rings is 1. The average molecular weight is 347 g/mol. The first-order chi connectivity index (χ1) is 11.2. The lowest BCUT2D eigenvalue weighted by Crippen LogP contribution is -2.29. The van der Waals surface area contributed by atoms with E-state index in [2.05, 4.69) is 4.98 Å². The second kappa shape index (κ2) is 6.98. The van der Waals surface area contributed by atoms with Gasteiger partial charge in [-0.15, -0.1) is 0 Å². The predicted octanol–water partition coefficient (Wildman–Crippen LogP) is 3.50. The van der Waals surface area contributed by atoms with E-state index >= 15 is 0 Å². The Bertz CT molecular complexity index is 694. The number of aromatic nitrogens is 2. The molecule has 0 saturated carbocycles. The molecule has 1 heterocycles. The second-order valence-corrected chi connectivity index (χ2v) is 5.15. The molecule has 1 aromatic heterocycles. The van der Waals surface area contributed by atoms with Gasteiger partial charge in [-0.2, -0.15) is 22.0 Å². The number of hydrogen-bond donors (Lipinski definition) is 0. The number of halogens is 5. The van der Waals surface area contributed by atoms with Crippen molar-refractivity contribution < 1.29 is 26.7 Å². The Morgan fingerprint density at radius 2 is 1.88 bits per heavy atom. The van der Waals surface area contributed by atoms with E-state index in [0.29, 0.717) is 10.1 Å². The highest BCUT2D eigenvalue weighted by Crippen LogP contribution is 2.29. The van der Waals surface area contributed by atoms with Crippen LogP contribution in [0.5, 0.6) is 0 Å². The molecule has 24 heavy (non-hydrogen) atoms. The molecule has 0 atom stereocenters. The van der Waals surface area contributed by atoms with Gasteiger partial charge >= 0.3 is 12.7 Å². The normalized spacial score (nSPS) is 11.8. The fraction of sp³-hybridized carbons (Fsp3) is 0.333. The van der Waals surface area contributed by atoms with E-state index in [0.717, 1.165) is 18.3 Å². The topological polar surface area (TPSA) is 38.1 Å². The van der Waals surface area contributed by atoms with Crippen molar-refractivity contribution in [2.75, 3.05) is 7.05 Å². The maximum atomic E-state index is 12.7. The van der Waals surface area contributed by atoms with Gasteiger partial charge in [0, 0.05) is 19.4 Å². The molecule has 9 heteroatoms. The van der Waals surface area contributed by atoms with E-state index in [9.17, 15) is 26.7 Å². The summed E-state index contributed by atoms with van der Waals surface area (Å²) in [5.41, 5.74) is -0.400. The minimum atomic E-state index is -4.44. The third-order valence-corrected chi connectivity index (χ3v) is 3.40. The molecule has 1 aromatic carbocycles. The summed E-state index contributed by atoms with van der Waals surface area (Å²) in [6.07, 6.45) is -2.26. The van der Waals surface area contributed by atoms with Gasteiger partial charge in [-0.3, -0.25) is 9.36 Å². The van der Waals surface area contributed by atoms with Gasteiger partial charge in [-0.1, -0.05) is 12.1 Å². The summed E-state index contributed by atoms with van der Waals surface area (Å²) in [6, 6.07) is 4.22. The largest absolute Gasteiger partial charge is 0.416 e. The van der Waals surface area contributed by atoms with Crippen LogP contribution >= 0.6 is 0 Å². The van der Waals surface area contributed by atoms with Crippen LogP contribution in [0, 0.1) is 0 Å². The van der Waals surface area contributed by atoms with Crippen LogP contribution in [-0.4, -0.2) is 27.4 Å². The lowest BCUT2D eigenvalue weighted by Gasteiger charge is -2.18. The minimum Gasteiger partial charge on any atom is -0.338 e. The highest BCUT2D eigenvalue weighted by molar-refractivity contribution is 5.78. The Labute approximate surface area is 134 Å². The lowest BCUT2D eigenvalue weighted by molar-refractivity contribution is -0.137. The first-order valence-corrected chi connectivity index (χ1v) is 6.88. The number of carbonyl (C=O) groups is 1. The van der Waals surface area contributed by atoms with E-state index in [1.165, 1.54) is 30.3 Å². The molecule has 0 N–H and O–H groups in total. The van der Waals surface area contributed by atoms with E-state index < -0.39 is 24.2 Å². The first-order valence-electron chi connectivity index (χ1n) is 6.88. The van der Waals surface area contributed by atoms with Crippen molar-refractivity contribution in [2.45, 2.75) is 25.7 Å². The molecule has 0 aliphatic heterocycles.